The fraction of sp³-hybridized carbons (Fsp3) is 0.464. The highest BCUT2D eigenvalue weighted by Gasteiger charge is 2.40. The number of hydrogen-bond donors (Lipinski definition) is 3. The molecule has 2 amide bonds. The first-order valence-corrected chi connectivity index (χ1v) is 12.7. The molecule has 0 aromatic heterocycles. The number of amides is 2. The number of aliphatic hydroxyl groups excluding tert-OH is 1. The van der Waals surface area contributed by atoms with Crippen molar-refractivity contribution in [3.63, 3.8) is 0 Å². The highest BCUT2D eigenvalue weighted by atomic mass is 16.5. The molecule has 0 bridgehead atoms. The van der Waals surface area contributed by atoms with Crippen molar-refractivity contribution in [2.75, 3.05) is 13.7 Å². The molecule has 8 heteroatoms. The van der Waals surface area contributed by atoms with E-state index in [1.165, 1.54) is 0 Å². The lowest BCUT2D eigenvalue weighted by Gasteiger charge is -2.40. The molecule has 1 heterocycles. The van der Waals surface area contributed by atoms with E-state index in [1.54, 1.807) is 30.2 Å². The fourth-order valence-electron chi connectivity index (χ4n) is 5.36. The van der Waals surface area contributed by atoms with Crippen LogP contribution in [0.2, 0.25) is 0 Å². The topological polar surface area (TPSA) is 117 Å². The van der Waals surface area contributed by atoms with Gasteiger partial charge in [0.2, 0.25) is 5.91 Å². The summed E-state index contributed by atoms with van der Waals surface area (Å²) in [5.74, 6) is -0.157. The van der Waals surface area contributed by atoms with Gasteiger partial charge in [0.05, 0.1) is 30.1 Å². The molecule has 1 aliphatic heterocycles. The van der Waals surface area contributed by atoms with E-state index >= 15 is 0 Å². The number of guanidine groups is 1. The molecule has 36 heavy (non-hydrogen) atoms. The van der Waals surface area contributed by atoms with Gasteiger partial charge < -0.3 is 20.9 Å². The third-order valence-electron chi connectivity index (χ3n) is 7.59. The van der Waals surface area contributed by atoms with Crippen molar-refractivity contribution < 1.29 is 19.4 Å². The van der Waals surface area contributed by atoms with Gasteiger partial charge in [-0.3, -0.25) is 14.5 Å². The number of aliphatic hydroxyl groups is 1. The molecule has 0 saturated carbocycles. The van der Waals surface area contributed by atoms with Crippen molar-refractivity contribution in [3.8, 4) is 0 Å². The van der Waals surface area contributed by atoms with Gasteiger partial charge in [-0.15, -0.1) is 0 Å². The van der Waals surface area contributed by atoms with Crippen LogP contribution in [0.25, 0.3) is 0 Å². The zero-order chi connectivity index (χ0) is 25.9. The molecule has 0 radical (unpaired) electrons. The Kier molecular flexibility index (Phi) is 7.76. The third-order valence-corrected chi connectivity index (χ3v) is 7.59. The number of hydrogen-bond acceptors (Lipinski definition) is 6. The average molecular weight is 493 g/mol. The molecule has 2 aromatic carbocycles. The van der Waals surface area contributed by atoms with Gasteiger partial charge in [-0.25, -0.2) is 4.99 Å². The quantitative estimate of drug-likeness (QED) is 0.497. The molecule has 0 fully saturated rings. The molecule has 192 valence electrons. The van der Waals surface area contributed by atoms with Crippen LogP contribution in [0.1, 0.15) is 78.7 Å². The number of benzene rings is 2. The van der Waals surface area contributed by atoms with Crippen molar-refractivity contribution in [1.82, 2.24) is 10.2 Å². The Morgan fingerprint density at radius 3 is 2.69 bits per heavy atom. The Hall–Kier alpha value is -3.23. The van der Waals surface area contributed by atoms with Crippen LogP contribution in [0, 0.1) is 0 Å². The van der Waals surface area contributed by atoms with E-state index in [0.717, 1.165) is 29.5 Å². The summed E-state index contributed by atoms with van der Waals surface area (Å²) in [5, 5.41) is 13.5. The minimum atomic E-state index is -0.677. The molecule has 3 atom stereocenters. The van der Waals surface area contributed by atoms with Gasteiger partial charge >= 0.3 is 0 Å². The molecule has 2 aromatic rings. The summed E-state index contributed by atoms with van der Waals surface area (Å²) < 4.78 is 5.32. The van der Waals surface area contributed by atoms with Gasteiger partial charge in [0.15, 0.2) is 5.96 Å². The number of rotatable bonds is 9. The minimum Gasteiger partial charge on any atom is -0.390 e. The second-order valence-electron chi connectivity index (χ2n) is 9.69. The zero-order valence-electron chi connectivity index (χ0n) is 21.2. The third kappa shape index (κ3) is 5.01. The molecule has 2 aliphatic rings. The number of nitrogens with one attached hydrogen (secondary N) is 1. The largest absolute Gasteiger partial charge is 0.390 e. The van der Waals surface area contributed by atoms with Crippen LogP contribution in [0.3, 0.4) is 0 Å². The molecule has 4 rings (SSSR count). The molecule has 0 saturated heterocycles. The number of aliphatic imine (C=N–C) groups is 1. The standard InChI is InChI=1S/C28H36N4O4/c1-4-28(5-2)17-24(34)32(27(29)31-28)22(13-14-36-3)19-10-8-11-20(15-19)26(35)30-25-21-12-7-6-9-18(21)16-23(25)33/h6-12,15,22-23,25,33H,4-5,13-14,16-17H2,1-3H3,(H2,29,31)(H,30,35)/t22-,23+,25-/m1/s1. The first kappa shape index (κ1) is 25.9. The Morgan fingerprint density at radius 1 is 1.25 bits per heavy atom. The maximum Gasteiger partial charge on any atom is 0.251 e. The first-order valence-electron chi connectivity index (χ1n) is 12.7. The predicted molar refractivity (Wildman–Crippen MR) is 138 cm³/mol. The SMILES string of the molecule is CCC1(CC)CC(=O)N([C@H](CCOC)c2cccc(C(=O)N[C@@H]3c4ccccc4C[C@@H]3O)c2)C(N)=N1. The van der Waals surface area contributed by atoms with Crippen LogP contribution in [-0.4, -0.2) is 53.1 Å². The normalized spacial score (nSPS) is 21.6. The van der Waals surface area contributed by atoms with E-state index in [2.05, 4.69) is 5.32 Å². The molecule has 0 unspecified atom stereocenters. The van der Waals surface area contributed by atoms with E-state index in [1.807, 2.05) is 44.2 Å². The minimum absolute atomic E-state index is 0.0761. The lowest BCUT2D eigenvalue weighted by Crippen LogP contribution is -2.52. The second-order valence-corrected chi connectivity index (χ2v) is 9.69. The van der Waals surface area contributed by atoms with E-state index in [-0.39, 0.29) is 17.8 Å². The van der Waals surface area contributed by atoms with Crippen molar-refractivity contribution >= 4 is 17.8 Å². The zero-order valence-corrected chi connectivity index (χ0v) is 21.2. The first-order chi connectivity index (χ1) is 17.3. The van der Waals surface area contributed by atoms with Crippen molar-refractivity contribution in [2.24, 2.45) is 10.7 Å². The van der Waals surface area contributed by atoms with Gasteiger partial charge in [0.1, 0.15) is 0 Å². The maximum atomic E-state index is 13.3. The van der Waals surface area contributed by atoms with E-state index in [0.29, 0.717) is 31.4 Å². The maximum absolute atomic E-state index is 13.3. The molecule has 0 spiro atoms. The number of carbonyl (C=O) groups is 2. The highest BCUT2D eigenvalue weighted by molar-refractivity contribution is 6.00. The Morgan fingerprint density at radius 2 is 2.00 bits per heavy atom. The Labute approximate surface area is 212 Å². The number of ether oxygens (including phenoxy) is 1. The Bertz CT molecular complexity index is 1140. The van der Waals surface area contributed by atoms with E-state index < -0.39 is 23.7 Å². The summed E-state index contributed by atoms with van der Waals surface area (Å²) in [6, 6.07) is 14.1. The van der Waals surface area contributed by atoms with Crippen LogP contribution in [-0.2, 0) is 16.0 Å². The summed E-state index contributed by atoms with van der Waals surface area (Å²) in [4.78, 5) is 32.9. The number of nitrogens with zero attached hydrogens (tertiary/aromatic N) is 2. The number of fused-ring (bicyclic) bond motifs is 1. The van der Waals surface area contributed by atoms with Gasteiger partial charge in [0, 0.05) is 25.7 Å². The van der Waals surface area contributed by atoms with Gasteiger partial charge in [-0.1, -0.05) is 50.2 Å². The van der Waals surface area contributed by atoms with E-state index in [4.69, 9.17) is 15.5 Å². The number of nitrogens with two attached hydrogens (primary N) is 1. The number of methoxy groups -OCH3 is 1. The summed E-state index contributed by atoms with van der Waals surface area (Å²) in [5.41, 5.74) is 9.11. The Balaban J connectivity index is 1.61. The summed E-state index contributed by atoms with van der Waals surface area (Å²) in [6.45, 7) is 4.46. The van der Waals surface area contributed by atoms with E-state index in [9.17, 15) is 14.7 Å². The van der Waals surface area contributed by atoms with Crippen LogP contribution in [0.4, 0.5) is 0 Å². The van der Waals surface area contributed by atoms with Crippen molar-refractivity contribution in [3.05, 3.63) is 70.8 Å². The van der Waals surface area contributed by atoms with Gasteiger partial charge in [0.25, 0.3) is 5.91 Å². The van der Waals surface area contributed by atoms with Crippen LogP contribution < -0.4 is 11.1 Å². The number of carbonyl (C=O) groups excluding carboxylic acids is 2. The summed E-state index contributed by atoms with van der Waals surface area (Å²) >= 11 is 0. The van der Waals surface area contributed by atoms with Gasteiger partial charge in [-0.2, -0.15) is 0 Å². The summed E-state index contributed by atoms with van der Waals surface area (Å²) in [6.07, 6.45) is 2.10. The lowest BCUT2D eigenvalue weighted by molar-refractivity contribution is -0.131. The molecule has 1 aliphatic carbocycles. The van der Waals surface area contributed by atoms with Crippen LogP contribution in [0.15, 0.2) is 53.5 Å². The predicted octanol–water partition coefficient (Wildman–Crippen LogP) is 3.26. The molecule has 8 nitrogen and oxygen atoms in total. The monoisotopic (exact) mass is 492 g/mol. The van der Waals surface area contributed by atoms with Crippen molar-refractivity contribution in [2.45, 2.75) is 69.7 Å². The lowest BCUT2D eigenvalue weighted by atomic mass is 9.87. The molecule has 4 N–H and O–H groups in total. The van der Waals surface area contributed by atoms with Crippen molar-refractivity contribution in [1.29, 1.82) is 0 Å². The van der Waals surface area contributed by atoms with Crippen LogP contribution in [0.5, 0.6) is 0 Å². The van der Waals surface area contributed by atoms with Crippen LogP contribution >= 0.6 is 0 Å². The van der Waals surface area contributed by atoms with Gasteiger partial charge in [-0.05, 0) is 48.1 Å². The smallest absolute Gasteiger partial charge is 0.251 e. The summed E-state index contributed by atoms with van der Waals surface area (Å²) in [7, 11) is 1.61. The molecular formula is C28H36N4O4. The molecular weight excluding hydrogens is 456 g/mol. The average Bonchev–Trinajstić information content (AvgIpc) is 3.20. The second kappa shape index (κ2) is 10.8. The highest BCUT2D eigenvalue weighted by Crippen LogP contribution is 2.35. The fourth-order valence-corrected chi connectivity index (χ4v) is 5.36.